The van der Waals surface area contributed by atoms with E-state index < -0.39 is 24.4 Å². The Labute approximate surface area is 261 Å². The molecule has 4 atom stereocenters. The fourth-order valence-corrected chi connectivity index (χ4v) is 5.33. The highest BCUT2D eigenvalue weighted by atomic mass is 16.6. The van der Waals surface area contributed by atoms with Crippen molar-refractivity contribution in [3.05, 3.63) is 0 Å². The van der Waals surface area contributed by atoms with Crippen molar-refractivity contribution in [3.8, 4) is 0 Å². The Hall–Kier alpha value is -0.850. The smallest absolute Gasteiger partial charge is 0.305 e. The molecule has 1 rings (SSSR count). The lowest BCUT2D eigenvalue weighted by atomic mass is 10.0. The first-order valence-corrected chi connectivity index (χ1v) is 17.2. The van der Waals surface area contributed by atoms with E-state index in [2.05, 4.69) is 6.92 Å². The first-order valence-electron chi connectivity index (χ1n) is 17.2. The Bertz CT molecular complexity index is 608. The number of rotatable bonds is 32. The third kappa shape index (κ3) is 21.5. The molecule has 3 N–H and O–H groups in total. The minimum Gasteiger partial charge on any atom is -0.463 e. The van der Waals surface area contributed by atoms with Crippen LogP contribution in [0.25, 0.3) is 0 Å². The van der Waals surface area contributed by atoms with Gasteiger partial charge in [0, 0.05) is 19.6 Å². The predicted molar refractivity (Wildman–Crippen MR) is 166 cm³/mol. The number of hydrogen-bond donors (Lipinski definition) is 3. The van der Waals surface area contributed by atoms with E-state index in [0.29, 0.717) is 19.4 Å². The lowest BCUT2D eigenvalue weighted by molar-refractivity contribution is -0.148. The van der Waals surface area contributed by atoms with Gasteiger partial charge in [0.2, 0.25) is 0 Å². The number of aliphatic hydroxyl groups excluding tert-OH is 3. The van der Waals surface area contributed by atoms with E-state index in [9.17, 15) is 9.90 Å². The topological polar surface area (TPSA) is 133 Å². The van der Waals surface area contributed by atoms with E-state index in [4.69, 9.17) is 38.6 Å². The summed E-state index contributed by atoms with van der Waals surface area (Å²) in [5, 5.41) is 27.5. The Morgan fingerprint density at radius 3 is 1.88 bits per heavy atom. The second-order valence-corrected chi connectivity index (χ2v) is 11.5. The highest BCUT2D eigenvalue weighted by Gasteiger charge is 2.44. The maximum atomic E-state index is 12.1. The van der Waals surface area contributed by atoms with Crippen LogP contribution in [0.3, 0.4) is 0 Å². The highest BCUT2D eigenvalue weighted by Crippen LogP contribution is 2.25. The molecule has 0 saturated carbocycles. The van der Waals surface area contributed by atoms with Crippen molar-refractivity contribution in [2.24, 2.45) is 0 Å². The summed E-state index contributed by atoms with van der Waals surface area (Å²) in [7, 11) is 0. The van der Waals surface area contributed by atoms with Crippen LogP contribution in [-0.4, -0.2) is 112 Å². The quantitative estimate of drug-likeness (QED) is 0.0716. The molecule has 256 valence electrons. The summed E-state index contributed by atoms with van der Waals surface area (Å²) in [5.41, 5.74) is 0. The third-order valence-electron chi connectivity index (χ3n) is 7.73. The normalized spacial score (nSPS) is 19.2. The highest BCUT2D eigenvalue weighted by molar-refractivity contribution is 5.69. The number of unbranched alkanes of at least 4 members (excludes halogenated alkanes) is 14. The van der Waals surface area contributed by atoms with Crippen molar-refractivity contribution in [3.63, 3.8) is 0 Å². The lowest BCUT2D eigenvalue weighted by Crippen LogP contribution is -2.45. The number of ether oxygens (including phenoxy) is 6. The van der Waals surface area contributed by atoms with Crippen LogP contribution in [0.15, 0.2) is 0 Å². The average molecular weight is 621 g/mol. The van der Waals surface area contributed by atoms with Crippen molar-refractivity contribution in [1.29, 1.82) is 0 Å². The number of carbonyl (C=O) groups is 1. The molecule has 0 aromatic rings. The molecule has 0 radical (unpaired) electrons. The molecule has 0 spiro atoms. The van der Waals surface area contributed by atoms with Gasteiger partial charge in [-0.1, -0.05) is 96.8 Å². The van der Waals surface area contributed by atoms with Crippen LogP contribution in [-0.2, 0) is 33.2 Å². The first-order chi connectivity index (χ1) is 21.2. The van der Waals surface area contributed by atoms with E-state index in [1.54, 1.807) is 0 Å². The van der Waals surface area contributed by atoms with Gasteiger partial charge in [-0.05, 0) is 12.8 Å². The molecule has 0 amide bonds. The molecule has 0 aromatic carbocycles. The van der Waals surface area contributed by atoms with E-state index in [0.717, 1.165) is 12.8 Å². The minimum absolute atomic E-state index is 0.00607. The summed E-state index contributed by atoms with van der Waals surface area (Å²) in [5.74, 6) is -0.202. The molecule has 10 nitrogen and oxygen atoms in total. The van der Waals surface area contributed by atoms with Crippen LogP contribution in [0.4, 0.5) is 0 Å². The van der Waals surface area contributed by atoms with Crippen LogP contribution >= 0.6 is 0 Å². The number of carbonyl (C=O) groups excluding carboxylic acids is 1. The number of aliphatic hydroxyl groups is 3. The molecule has 0 bridgehead atoms. The third-order valence-corrected chi connectivity index (χ3v) is 7.73. The van der Waals surface area contributed by atoms with Crippen molar-refractivity contribution in [2.45, 2.75) is 140 Å². The average Bonchev–Trinajstić information content (AvgIpc) is 3.41. The van der Waals surface area contributed by atoms with Gasteiger partial charge in [-0.3, -0.25) is 4.79 Å². The largest absolute Gasteiger partial charge is 0.463 e. The monoisotopic (exact) mass is 620 g/mol. The maximum Gasteiger partial charge on any atom is 0.305 e. The molecule has 1 heterocycles. The molecule has 1 aliphatic rings. The summed E-state index contributed by atoms with van der Waals surface area (Å²) in [6.07, 6.45) is 18.3. The van der Waals surface area contributed by atoms with Gasteiger partial charge in [-0.2, -0.15) is 0 Å². The van der Waals surface area contributed by atoms with Crippen LogP contribution in [0.1, 0.15) is 116 Å². The van der Waals surface area contributed by atoms with Gasteiger partial charge in [0.15, 0.2) is 0 Å². The molecule has 0 aromatic heterocycles. The fraction of sp³-hybridized carbons (Fsp3) is 0.970. The fourth-order valence-electron chi connectivity index (χ4n) is 5.33. The first kappa shape index (κ1) is 40.2. The lowest BCUT2D eigenvalue weighted by Gasteiger charge is -2.29. The zero-order chi connectivity index (χ0) is 31.2. The van der Waals surface area contributed by atoms with E-state index in [-0.39, 0.29) is 65.4 Å². The van der Waals surface area contributed by atoms with Crippen LogP contribution in [0.2, 0.25) is 0 Å². The van der Waals surface area contributed by atoms with Crippen molar-refractivity contribution in [1.82, 2.24) is 0 Å². The van der Waals surface area contributed by atoms with Crippen molar-refractivity contribution < 1.29 is 48.5 Å². The maximum absolute atomic E-state index is 12.1. The minimum atomic E-state index is -0.537. The van der Waals surface area contributed by atoms with Crippen molar-refractivity contribution >= 4 is 5.97 Å². The van der Waals surface area contributed by atoms with Gasteiger partial charge in [0.25, 0.3) is 0 Å². The number of esters is 1. The van der Waals surface area contributed by atoms with Gasteiger partial charge in [-0.15, -0.1) is 0 Å². The zero-order valence-corrected chi connectivity index (χ0v) is 27.1. The molecule has 1 aliphatic heterocycles. The zero-order valence-electron chi connectivity index (χ0n) is 27.1. The molecular weight excluding hydrogens is 556 g/mol. The van der Waals surface area contributed by atoms with Crippen LogP contribution in [0, 0.1) is 0 Å². The van der Waals surface area contributed by atoms with E-state index >= 15 is 0 Å². The summed E-state index contributed by atoms with van der Waals surface area (Å²) in [6, 6.07) is 0. The molecule has 4 unspecified atom stereocenters. The molecule has 1 saturated heterocycles. The molecule has 10 heteroatoms. The van der Waals surface area contributed by atoms with E-state index in [1.807, 2.05) is 0 Å². The second kappa shape index (κ2) is 29.8. The Morgan fingerprint density at radius 2 is 1.30 bits per heavy atom. The van der Waals surface area contributed by atoms with Gasteiger partial charge < -0.3 is 43.7 Å². The Balaban J connectivity index is 2.13. The molecular formula is C33H64O10. The van der Waals surface area contributed by atoms with Gasteiger partial charge >= 0.3 is 5.97 Å². The summed E-state index contributed by atoms with van der Waals surface area (Å²) in [4.78, 5) is 12.1. The van der Waals surface area contributed by atoms with Gasteiger partial charge in [0.1, 0.15) is 31.0 Å². The second-order valence-electron chi connectivity index (χ2n) is 11.5. The summed E-state index contributed by atoms with van der Waals surface area (Å²) < 4.78 is 34.4. The molecule has 43 heavy (non-hydrogen) atoms. The standard InChI is InChI=1S/C33H64O10/c1-2-3-4-5-6-7-8-9-10-11-12-13-14-15-16-18-31(37)41-26-25-38-27-29(39-23-20-35)33-32(42-22-17-19-34)30(28-43-33)40-24-21-36/h29-30,32-36H,2-28H2,1H3. The Kier molecular flexibility index (Phi) is 27.9. The van der Waals surface area contributed by atoms with Crippen LogP contribution < -0.4 is 0 Å². The van der Waals surface area contributed by atoms with Gasteiger partial charge in [-0.25, -0.2) is 0 Å². The SMILES string of the molecule is CCCCCCCCCCCCCCCCCC(=O)OCCOCC(OCCO)C1OCC(OCCO)C1OCCCO. The van der Waals surface area contributed by atoms with Crippen LogP contribution in [0.5, 0.6) is 0 Å². The van der Waals surface area contributed by atoms with Crippen molar-refractivity contribution in [2.75, 3.05) is 66.1 Å². The molecule has 0 aliphatic carbocycles. The summed E-state index contributed by atoms with van der Waals surface area (Å²) >= 11 is 0. The Morgan fingerprint density at radius 1 is 0.698 bits per heavy atom. The summed E-state index contributed by atoms with van der Waals surface area (Å²) in [6.45, 7) is 3.40. The number of hydrogen-bond acceptors (Lipinski definition) is 10. The predicted octanol–water partition coefficient (Wildman–Crippen LogP) is 4.73. The molecule has 1 fully saturated rings. The van der Waals surface area contributed by atoms with E-state index in [1.165, 1.54) is 83.5 Å². The van der Waals surface area contributed by atoms with Gasteiger partial charge in [0.05, 0.1) is 46.2 Å².